The second-order valence-electron chi connectivity index (χ2n) is 5.25. The molecule has 0 heterocycles. The molecule has 0 bridgehead atoms. The number of hydrogen-bond acceptors (Lipinski definition) is 2. The molecule has 4 nitrogen and oxygen atoms in total. The summed E-state index contributed by atoms with van der Waals surface area (Å²) in [6.45, 7) is 0. The number of phenolic OH excluding ortho intramolecular Hbond substituents is 1. The van der Waals surface area contributed by atoms with Crippen LogP contribution in [0.25, 0.3) is 11.1 Å². The van der Waals surface area contributed by atoms with E-state index in [2.05, 4.69) is 10.6 Å². The van der Waals surface area contributed by atoms with Gasteiger partial charge in [0.25, 0.3) is 0 Å². The highest BCUT2D eigenvalue weighted by atomic mass is 35.5. The van der Waals surface area contributed by atoms with Crippen molar-refractivity contribution in [2.75, 3.05) is 10.6 Å². The Labute approximate surface area is 155 Å². The third kappa shape index (κ3) is 3.87. The molecule has 3 aromatic carbocycles. The van der Waals surface area contributed by atoms with Crippen molar-refractivity contribution < 1.29 is 9.90 Å². The number of carbonyl (C=O) groups is 1. The first-order valence-corrected chi connectivity index (χ1v) is 8.21. The fourth-order valence-electron chi connectivity index (χ4n) is 2.38. The van der Waals surface area contributed by atoms with Crippen LogP contribution in [0.3, 0.4) is 0 Å². The molecule has 0 fully saturated rings. The number of halogens is 2. The van der Waals surface area contributed by atoms with Gasteiger partial charge in [-0.1, -0.05) is 71.7 Å². The zero-order valence-corrected chi connectivity index (χ0v) is 14.5. The van der Waals surface area contributed by atoms with Crippen molar-refractivity contribution in [1.82, 2.24) is 0 Å². The van der Waals surface area contributed by atoms with E-state index in [0.29, 0.717) is 5.69 Å². The molecular formula is C19H14Cl2N2O2. The number of anilines is 2. The van der Waals surface area contributed by atoms with Crippen molar-refractivity contribution in [2.45, 2.75) is 0 Å². The van der Waals surface area contributed by atoms with Crippen molar-refractivity contribution in [3.05, 3.63) is 76.8 Å². The highest BCUT2D eigenvalue weighted by Gasteiger charge is 2.13. The molecule has 25 heavy (non-hydrogen) atoms. The van der Waals surface area contributed by atoms with Crippen LogP contribution in [0.15, 0.2) is 66.7 Å². The van der Waals surface area contributed by atoms with Crippen molar-refractivity contribution in [3.8, 4) is 16.9 Å². The van der Waals surface area contributed by atoms with Crippen LogP contribution in [-0.4, -0.2) is 11.1 Å². The Hall–Kier alpha value is -2.69. The molecule has 0 saturated heterocycles. The van der Waals surface area contributed by atoms with Gasteiger partial charge in [0.15, 0.2) is 5.75 Å². The lowest BCUT2D eigenvalue weighted by atomic mass is 10.0. The Morgan fingerprint density at radius 1 is 0.800 bits per heavy atom. The molecule has 0 atom stereocenters. The van der Waals surface area contributed by atoms with Gasteiger partial charge in [0, 0.05) is 5.56 Å². The van der Waals surface area contributed by atoms with E-state index in [4.69, 9.17) is 23.2 Å². The van der Waals surface area contributed by atoms with E-state index in [1.165, 1.54) is 12.1 Å². The summed E-state index contributed by atoms with van der Waals surface area (Å²) in [7, 11) is 0. The van der Waals surface area contributed by atoms with Gasteiger partial charge in [-0.05, 0) is 23.8 Å². The molecule has 0 saturated carbocycles. The highest BCUT2D eigenvalue weighted by Crippen LogP contribution is 2.37. The number of urea groups is 1. The lowest BCUT2D eigenvalue weighted by Gasteiger charge is -2.13. The van der Waals surface area contributed by atoms with E-state index >= 15 is 0 Å². The number of benzene rings is 3. The average molecular weight is 373 g/mol. The number of para-hydroxylation sites is 1. The molecule has 0 aliphatic carbocycles. The number of amides is 2. The number of carbonyl (C=O) groups excluding carboxylic acids is 1. The number of rotatable bonds is 3. The van der Waals surface area contributed by atoms with Crippen molar-refractivity contribution in [1.29, 1.82) is 0 Å². The summed E-state index contributed by atoms with van der Waals surface area (Å²) >= 11 is 11.7. The van der Waals surface area contributed by atoms with Crippen molar-refractivity contribution >= 4 is 40.6 Å². The Morgan fingerprint density at radius 3 is 2.20 bits per heavy atom. The normalized spacial score (nSPS) is 10.3. The lowest BCUT2D eigenvalue weighted by molar-refractivity contribution is 0.262. The van der Waals surface area contributed by atoms with Gasteiger partial charge in [0.1, 0.15) is 5.02 Å². The molecule has 0 spiro atoms. The van der Waals surface area contributed by atoms with Crippen molar-refractivity contribution in [3.63, 3.8) is 0 Å². The Bertz CT molecular complexity index is 915. The minimum Gasteiger partial charge on any atom is -0.504 e. The quantitative estimate of drug-likeness (QED) is 0.493. The van der Waals surface area contributed by atoms with Crippen LogP contribution in [0.1, 0.15) is 0 Å². The van der Waals surface area contributed by atoms with Gasteiger partial charge >= 0.3 is 6.03 Å². The Morgan fingerprint density at radius 2 is 1.44 bits per heavy atom. The van der Waals surface area contributed by atoms with Gasteiger partial charge in [0.2, 0.25) is 0 Å². The zero-order chi connectivity index (χ0) is 17.8. The smallest absolute Gasteiger partial charge is 0.323 e. The Kier molecular flexibility index (Phi) is 5.12. The summed E-state index contributed by atoms with van der Waals surface area (Å²) in [5, 5.41) is 15.5. The third-order valence-electron chi connectivity index (χ3n) is 3.58. The molecule has 3 aromatic rings. The number of aromatic hydroxyl groups is 1. The summed E-state index contributed by atoms with van der Waals surface area (Å²) in [4.78, 5) is 12.3. The maximum Gasteiger partial charge on any atom is 0.323 e. The van der Waals surface area contributed by atoms with E-state index in [1.807, 2.05) is 48.5 Å². The van der Waals surface area contributed by atoms with Gasteiger partial charge in [-0.2, -0.15) is 0 Å². The highest BCUT2D eigenvalue weighted by molar-refractivity contribution is 6.43. The van der Waals surface area contributed by atoms with Gasteiger partial charge in [-0.3, -0.25) is 0 Å². The van der Waals surface area contributed by atoms with E-state index in [1.54, 1.807) is 6.07 Å². The predicted octanol–water partition coefficient (Wildman–Crippen LogP) is 6.01. The molecule has 0 aliphatic rings. The average Bonchev–Trinajstić information content (AvgIpc) is 2.63. The zero-order valence-electron chi connectivity index (χ0n) is 13.0. The van der Waals surface area contributed by atoms with Gasteiger partial charge in [-0.15, -0.1) is 0 Å². The summed E-state index contributed by atoms with van der Waals surface area (Å²) in [6.07, 6.45) is 0. The first-order chi connectivity index (χ1) is 12.1. The minimum absolute atomic E-state index is 0.0100. The fraction of sp³-hybridized carbons (Fsp3) is 0. The topological polar surface area (TPSA) is 61.4 Å². The molecule has 0 radical (unpaired) electrons. The van der Waals surface area contributed by atoms with Gasteiger partial charge in [0.05, 0.1) is 16.4 Å². The van der Waals surface area contributed by atoms with Crippen LogP contribution in [0.2, 0.25) is 10.0 Å². The van der Waals surface area contributed by atoms with Crippen LogP contribution in [0.4, 0.5) is 16.2 Å². The number of hydrogen-bond donors (Lipinski definition) is 3. The first kappa shape index (κ1) is 17.1. The molecule has 126 valence electrons. The van der Waals surface area contributed by atoms with E-state index in [0.717, 1.165) is 11.1 Å². The minimum atomic E-state index is -0.503. The maximum absolute atomic E-state index is 12.3. The SMILES string of the molecule is O=C(Nc1ccccc1-c1ccccc1)Nc1ccc(Cl)c(Cl)c1O. The number of nitrogens with one attached hydrogen (secondary N) is 2. The second kappa shape index (κ2) is 7.47. The van der Waals surface area contributed by atoms with Crippen LogP contribution in [-0.2, 0) is 0 Å². The standard InChI is InChI=1S/C19H14Cl2N2O2/c20-14-10-11-16(18(24)17(14)21)23-19(25)22-15-9-5-4-8-13(15)12-6-2-1-3-7-12/h1-11,24H,(H2,22,23,25). The monoisotopic (exact) mass is 372 g/mol. The van der Waals surface area contributed by atoms with Crippen LogP contribution < -0.4 is 10.6 Å². The third-order valence-corrected chi connectivity index (χ3v) is 4.37. The van der Waals surface area contributed by atoms with Crippen LogP contribution in [0.5, 0.6) is 5.75 Å². The van der Waals surface area contributed by atoms with Gasteiger partial charge in [-0.25, -0.2) is 4.79 Å². The fourth-order valence-corrected chi connectivity index (χ4v) is 2.70. The molecule has 0 aromatic heterocycles. The summed E-state index contributed by atoms with van der Waals surface area (Å²) in [5.41, 5.74) is 2.68. The van der Waals surface area contributed by atoms with E-state index in [9.17, 15) is 9.90 Å². The first-order valence-electron chi connectivity index (χ1n) is 7.45. The molecule has 6 heteroatoms. The molecule has 2 amide bonds. The molecule has 3 N–H and O–H groups in total. The summed E-state index contributed by atoms with van der Waals surface area (Å²) in [5.74, 6) is -0.277. The molecule has 0 unspecified atom stereocenters. The van der Waals surface area contributed by atoms with Crippen molar-refractivity contribution in [2.24, 2.45) is 0 Å². The van der Waals surface area contributed by atoms with Crippen LogP contribution in [0, 0.1) is 0 Å². The summed E-state index contributed by atoms with van der Waals surface area (Å²) in [6, 6.07) is 19.6. The van der Waals surface area contributed by atoms with Gasteiger partial charge < -0.3 is 15.7 Å². The lowest BCUT2D eigenvalue weighted by Crippen LogP contribution is -2.20. The number of phenols is 1. The maximum atomic E-state index is 12.3. The molecular weight excluding hydrogens is 359 g/mol. The molecule has 0 aliphatic heterocycles. The predicted molar refractivity (Wildman–Crippen MR) is 103 cm³/mol. The second-order valence-corrected chi connectivity index (χ2v) is 6.03. The molecule has 3 rings (SSSR count). The van der Waals surface area contributed by atoms with Crippen LogP contribution >= 0.6 is 23.2 Å². The van der Waals surface area contributed by atoms with E-state index < -0.39 is 6.03 Å². The summed E-state index contributed by atoms with van der Waals surface area (Å²) < 4.78 is 0. The van der Waals surface area contributed by atoms with E-state index in [-0.39, 0.29) is 21.5 Å². The Balaban J connectivity index is 1.82. The largest absolute Gasteiger partial charge is 0.504 e.